The lowest BCUT2D eigenvalue weighted by Crippen LogP contribution is -2.43. The molecule has 46 heavy (non-hydrogen) atoms. The summed E-state index contributed by atoms with van der Waals surface area (Å²) in [5.74, 6) is -1.33. The van der Waals surface area contributed by atoms with Gasteiger partial charge in [0.2, 0.25) is 17.7 Å². The number of hydrogen-bond acceptors (Lipinski definition) is 6. The van der Waals surface area contributed by atoms with Crippen LogP contribution in [0.15, 0.2) is 60.7 Å². The molecule has 0 aliphatic carbocycles. The van der Waals surface area contributed by atoms with Crippen molar-refractivity contribution in [2.75, 3.05) is 49.2 Å². The maximum Gasteiger partial charge on any atom is 0.255 e. The zero-order chi connectivity index (χ0) is 33.2. The number of carbonyl (C=O) groups excluding carboxylic acids is 5. The normalized spacial score (nSPS) is 13.4. The van der Waals surface area contributed by atoms with Crippen LogP contribution in [0, 0.1) is 19.8 Å². The Morgan fingerprint density at radius 1 is 0.804 bits per heavy atom. The van der Waals surface area contributed by atoms with Gasteiger partial charge in [-0.2, -0.15) is 0 Å². The minimum atomic E-state index is -0.305. The average Bonchev–Trinajstić information content (AvgIpc) is 3.03. The van der Waals surface area contributed by atoms with E-state index in [0.717, 1.165) is 5.56 Å². The zero-order valence-corrected chi connectivity index (χ0v) is 26.9. The Kier molecular flexibility index (Phi) is 11.9. The van der Waals surface area contributed by atoms with E-state index in [1.807, 2.05) is 24.0 Å². The maximum atomic E-state index is 12.8. The van der Waals surface area contributed by atoms with Crippen LogP contribution in [0.4, 0.5) is 17.1 Å². The van der Waals surface area contributed by atoms with Crippen molar-refractivity contribution >= 4 is 58.2 Å². The second-order valence-electron chi connectivity index (χ2n) is 11.2. The van der Waals surface area contributed by atoms with Gasteiger partial charge in [-0.3, -0.25) is 28.9 Å². The summed E-state index contributed by atoms with van der Waals surface area (Å²) < 4.78 is 0. The second kappa shape index (κ2) is 16.0. The highest BCUT2D eigenvalue weighted by Gasteiger charge is 2.26. The van der Waals surface area contributed by atoms with Gasteiger partial charge in [-0.25, -0.2) is 0 Å². The Morgan fingerprint density at radius 2 is 1.52 bits per heavy atom. The molecule has 1 aliphatic rings. The molecule has 1 saturated heterocycles. The summed E-state index contributed by atoms with van der Waals surface area (Å²) in [6.07, 6.45) is 1.26. The molecular formula is C34H39ClN6O5. The Labute approximate surface area is 273 Å². The lowest BCUT2D eigenvalue weighted by molar-refractivity contribution is -0.126. The summed E-state index contributed by atoms with van der Waals surface area (Å²) in [5.41, 5.74) is 3.97. The standard InChI is InChI=1S/C34H39ClN6O5/c1-21-7-4-5-8-25(21)34(46)40-29-19-24(11-12-27(29)35)38-30(42)13-16-37-32(44)23-14-17-41(18-15-23)20-31(43)39-28-10-6-9-26(22(28)2)33(45)36-3/h4-12,19,23H,13-18,20H2,1-3H3,(H,36,45)(H,37,44)(H,38,42)(H,39,43)(H,40,46). The number of piperidine rings is 1. The predicted octanol–water partition coefficient (Wildman–Crippen LogP) is 4.36. The predicted molar refractivity (Wildman–Crippen MR) is 179 cm³/mol. The molecule has 3 aromatic rings. The highest BCUT2D eigenvalue weighted by atomic mass is 35.5. The maximum absolute atomic E-state index is 12.8. The molecule has 0 unspecified atom stereocenters. The molecular weight excluding hydrogens is 608 g/mol. The van der Waals surface area contributed by atoms with Crippen LogP contribution in [0.5, 0.6) is 0 Å². The van der Waals surface area contributed by atoms with Crippen LogP contribution < -0.4 is 26.6 Å². The lowest BCUT2D eigenvalue weighted by Gasteiger charge is -2.30. The summed E-state index contributed by atoms with van der Waals surface area (Å²) in [7, 11) is 1.56. The van der Waals surface area contributed by atoms with Crippen LogP contribution in [0.3, 0.4) is 0 Å². The third-order valence-corrected chi connectivity index (χ3v) is 8.27. The van der Waals surface area contributed by atoms with Crippen molar-refractivity contribution in [2.24, 2.45) is 5.92 Å². The fourth-order valence-electron chi connectivity index (χ4n) is 5.28. The lowest BCUT2D eigenvalue weighted by atomic mass is 9.96. The zero-order valence-electron chi connectivity index (χ0n) is 26.2. The summed E-state index contributed by atoms with van der Waals surface area (Å²) in [6.45, 7) is 5.16. The number of nitrogens with one attached hydrogen (secondary N) is 5. The number of amides is 5. The molecule has 0 bridgehead atoms. The molecule has 12 heteroatoms. The van der Waals surface area contributed by atoms with E-state index in [9.17, 15) is 24.0 Å². The van der Waals surface area contributed by atoms with Crippen LogP contribution in [0.2, 0.25) is 5.02 Å². The molecule has 5 amide bonds. The Hall–Kier alpha value is -4.74. The van der Waals surface area contributed by atoms with Gasteiger partial charge in [-0.05, 0) is 87.3 Å². The summed E-state index contributed by atoms with van der Waals surface area (Å²) >= 11 is 6.28. The SMILES string of the molecule is CNC(=O)c1cccc(NC(=O)CN2CCC(C(=O)NCCC(=O)Nc3ccc(Cl)c(NC(=O)c4ccccc4C)c3)CC2)c1C. The van der Waals surface area contributed by atoms with Crippen molar-refractivity contribution in [3.8, 4) is 0 Å². The van der Waals surface area contributed by atoms with E-state index in [1.165, 1.54) is 0 Å². The molecule has 0 atom stereocenters. The minimum Gasteiger partial charge on any atom is -0.355 e. The largest absolute Gasteiger partial charge is 0.355 e. The first-order valence-electron chi connectivity index (χ1n) is 15.1. The van der Waals surface area contributed by atoms with Gasteiger partial charge >= 0.3 is 0 Å². The number of benzene rings is 3. The molecule has 0 saturated carbocycles. The molecule has 4 rings (SSSR count). The number of nitrogens with zero attached hydrogens (tertiary/aromatic N) is 1. The van der Waals surface area contributed by atoms with E-state index in [2.05, 4.69) is 26.6 Å². The first kappa shape index (κ1) is 34.1. The number of halogens is 1. The highest BCUT2D eigenvalue weighted by molar-refractivity contribution is 6.34. The van der Waals surface area contributed by atoms with E-state index in [-0.39, 0.29) is 55.0 Å². The molecule has 3 aromatic carbocycles. The van der Waals surface area contributed by atoms with Crippen molar-refractivity contribution in [2.45, 2.75) is 33.1 Å². The second-order valence-corrected chi connectivity index (χ2v) is 11.6. The fraction of sp³-hybridized carbons (Fsp3) is 0.324. The molecule has 1 heterocycles. The Balaban J connectivity index is 1.17. The van der Waals surface area contributed by atoms with Gasteiger partial charge in [0.1, 0.15) is 0 Å². The average molecular weight is 647 g/mol. The van der Waals surface area contributed by atoms with Gasteiger partial charge in [-0.15, -0.1) is 0 Å². The first-order valence-corrected chi connectivity index (χ1v) is 15.5. The van der Waals surface area contributed by atoms with E-state index in [1.54, 1.807) is 62.5 Å². The smallest absolute Gasteiger partial charge is 0.255 e. The molecule has 1 aliphatic heterocycles. The van der Waals surface area contributed by atoms with Gasteiger partial charge in [0.15, 0.2) is 0 Å². The van der Waals surface area contributed by atoms with Crippen LogP contribution >= 0.6 is 11.6 Å². The Morgan fingerprint density at radius 3 is 2.24 bits per heavy atom. The topological polar surface area (TPSA) is 149 Å². The first-order chi connectivity index (χ1) is 22.0. The van der Waals surface area contributed by atoms with Crippen molar-refractivity contribution < 1.29 is 24.0 Å². The van der Waals surface area contributed by atoms with Gasteiger partial charge in [0, 0.05) is 48.4 Å². The van der Waals surface area contributed by atoms with Crippen LogP contribution in [0.25, 0.3) is 0 Å². The number of rotatable bonds is 11. The number of anilines is 3. The van der Waals surface area contributed by atoms with E-state index >= 15 is 0 Å². The van der Waals surface area contributed by atoms with Crippen LogP contribution in [0.1, 0.15) is 51.1 Å². The monoisotopic (exact) mass is 646 g/mol. The van der Waals surface area contributed by atoms with E-state index in [4.69, 9.17) is 11.6 Å². The molecule has 5 N–H and O–H groups in total. The molecule has 1 fully saturated rings. The van der Waals surface area contributed by atoms with Gasteiger partial charge < -0.3 is 26.6 Å². The van der Waals surface area contributed by atoms with Crippen molar-refractivity contribution in [1.29, 1.82) is 0 Å². The van der Waals surface area contributed by atoms with E-state index in [0.29, 0.717) is 64.7 Å². The van der Waals surface area contributed by atoms with Gasteiger partial charge in [0.05, 0.1) is 17.3 Å². The number of aryl methyl sites for hydroxylation is 1. The quantitative estimate of drug-likeness (QED) is 0.209. The number of hydrogen-bond donors (Lipinski definition) is 5. The third kappa shape index (κ3) is 9.15. The van der Waals surface area contributed by atoms with Crippen molar-refractivity contribution in [1.82, 2.24) is 15.5 Å². The van der Waals surface area contributed by atoms with Crippen LogP contribution in [-0.2, 0) is 14.4 Å². The summed E-state index contributed by atoms with van der Waals surface area (Å²) in [4.78, 5) is 64.8. The molecule has 242 valence electrons. The Bertz CT molecular complexity index is 1620. The van der Waals surface area contributed by atoms with Gasteiger partial charge in [-0.1, -0.05) is 35.9 Å². The van der Waals surface area contributed by atoms with Gasteiger partial charge in [0.25, 0.3) is 11.8 Å². The summed E-state index contributed by atoms with van der Waals surface area (Å²) in [6, 6.07) is 17.2. The third-order valence-electron chi connectivity index (χ3n) is 7.94. The van der Waals surface area contributed by atoms with Crippen molar-refractivity contribution in [3.63, 3.8) is 0 Å². The minimum absolute atomic E-state index is 0.0683. The molecule has 0 spiro atoms. The molecule has 11 nitrogen and oxygen atoms in total. The molecule has 0 aromatic heterocycles. The number of carbonyl (C=O) groups is 5. The highest BCUT2D eigenvalue weighted by Crippen LogP contribution is 2.27. The van der Waals surface area contributed by atoms with Crippen molar-refractivity contribution in [3.05, 3.63) is 87.9 Å². The molecule has 0 radical (unpaired) electrons. The fourth-order valence-corrected chi connectivity index (χ4v) is 5.45. The summed E-state index contributed by atoms with van der Waals surface area (Å²) in [5, 5.41) is 14.2. The van der Waals surface area contributed by atoms with E-state index < -0.39 is 0 Å². The number of likely N-dealkylation sites (tertiary alicyclic amines) is 1. The van der Waals surface area contributed by atoms with Crippen LogP contribution in [-0.4, -0.2) is 67.7 Å².